The summed E-state index contributed by atoms with van der Waals surface area (Å²) in [6.45, 7) is 0.737. The van der Waals surface area contributed by atoms with Gasteiger partial charge in [-0.05, 0) is 22.3 Å². The summed E-state index contributed by atoms with van der Waals surface area (Å²) in [6, 6.07) is 16.5. The average Bonchev–Trinajstić information content (AvgIpc) is 3.32. The lowest BCUT2D eigenvalue weighted by Crippen LogP contribution is -2.26. The molecule has 4 rings (SSSR count). The van der Waals surface area contributed by atoms with Crippen LogP contribution in [0.1, 0.15) is 29.0 Å². The van der Waals surface area contributed by atoms with Gasteiger partial charge in [-0.15, -0.1) is 0 Å². The average molecular weight is 358 g/mol. The number of aromatic nitrogens is 1. The standard InChI is InChI=1S/C22H18N2O3/c25-22(23-12-6-5-7-16-13-24-27-14-16)26-15-21-19-10-3-1-8-17(19)18-9-2-4-11-20(18)21/h1-4,8-11,13-14,21H,6,12,15H2,(H,23,25). The van der Waals surface area contributed by atoms with Crippen LogP contribution in [0.5, 0.6) is 0 Å². The maximum atomic E-state index is 12.0. The highest BCUT2D eigenvalue weighted by Gasteiger charge is 2.28. The molecule has 0 aliphatic heterocycles. The van der Waals surface area contributed by atoms with Gasteiger partial charge in [0.05, 0.1) is 11.8 Å². The maximum Gasteiger partial charge on any atom is 0.407 e. The summed E-state index contributed by atoms with van der Waals surface area (Å²) in [5.41, 5.74) is 5.55. The van der Waals surface area contributed by atoms with Gasteiger partial charge >= 0.3 is 6.09 Å². The van der Waals surface area contributed by atoms with E-state index in [4.69, 9.17) is 9.26 Å². The quantitative estimate of drug-likeness (QED) is 0.566. The number of rotatable bonds is 4. The number of hydrogen-bond acceptors (Lipinski definition) is 4. The summed E-state index contributed by atoms with van der Waals surface area (Å²) in [5.74, 6) is 5.91. The Bertz CT molecular complexity index is 954. The van der Waals surface area contributed by atoms with Crippen molar-refractivity contribution in [3.8, 4) is 23.0 Å². The van der Waals surface area contributed by atoms with Gasteiger partial charge in [0.25, 0.3) is 0 Å². The summed E-state index contributed by atoms with van der Waals surface area (Å²) in [5, 5.41) is 6.31. The normalized spacial score (nSPS) is 11.9. The first-order valence-corrected chi connectivity index (χ1v) is 8.80. The van der Waals surface area contributed by atoms with Gasteiger partial charge in [-0.2, -0.15) is 0 Å². The highest BCUT2D eigenvalue weighted by Crippen LogP contribution is 2.44. The van der Waals surface area contributed by atoms with Gasteiger partial charge in [-0.25, -0.2) is 4.79 Å². The molecule has 0 fully saturated rings. The molecule has 1 aliphatic carbocycles. The van der Waals surface area contributed by atoms with Gasteiger partial charge in [-0.3, -0.25) is 0 Å². The lowest BCUT2D eigenvalue weighted by atomic mass is 9.98. The molecule has 1 aromatic heterocycles. The fraction of sp³-hybridized carbons (Fsp3) is 0.182. The van der Waals surface area contributed by atoms with Gasteiger partial charge < -0.3 is 14.6 Å². The second-order valence-electron chi connectivity index (χ2n) is 6.22. The smallest absolute Gasteiger partial charge is 0.407 e. The summed E-state index contributed by atoms with van der Waals surface area (Å²) < 4.78 is 10.2. The van der Waals surface area contributed by atoms with E-state index in [0.717, 1.165) is 5.56 Å². The molecule has 0 saturated carbocycles. The molecule has 27 heavy (non-hydrogen) atoms. The van der Waals surface area contributed by atoms with Crippen LogP contribution in [0.4, 0.5) is 4.79 Å². The van der Waals surface area contributed by atoms with E-state index < -0.39 is 6.09 Å². The topological polar surface area (TPSA) is 64.4 Å². The first kappa shape index (κ1) is 16.9. The molecule has 3 aromatic rings. The second-order valence-corrected chi connectivity index (χ2v) is 6.22. The molecule has 1 N–H and O–H groups in total. The Morgan fingerprint density at radius 3 is 2.48 bits per heavy atom. The van der Waals surface area contributed by atoms with Crippen LogP contribution in [0, 0.1) is 11.8 Å². The van der Waals surface area contributed by atoms with Gasteiger partial charge in [0.2, 0.25) is 0 Å². The summed E-state index contributed by atoms with van der Waals surface area (Å²) in [4.78, 5) is 12.0. The summed E-state index contributed by atoms with van der Waals surface area (Å²) in [6.07, 6.45) is 3.12. The minimum absolute atomic E-state index is 0.0662. The zero-order chi connectivity index (χ0) is 18.5. The number of carbonyl (C=O) groups is 1. The molecular weight excluding hydrogens is 340 g/mol. The van der Waals surface area contributed by atoms with Crippen LogP contribution >= 0.6 is 0 Å². The fourth-order valence-electron chi connectivity index (χ4n) is 3.31. The van der Waals surface area contributed by atoms with Gasteiger partial charge in [-0.1, -0.05) is 65.5 Å². The summed E-state index contributed by atoms with van der Waals surface area (Å²) in [7, 11) is 0. The SMILES string of the molecule is O=C(NCCC#Cc1cnoc1)OCC1c2ccccc2-c2ccccc21. The predicted molar refractivity (Wildman–Crippen MR) is 101 cm³/mol. The zero-order valence-electron chi connectivity index (χ0n) is 14.6. The van der Waals surface area contributed by atoms with Crippen molar-refractivity contribution in [2.75, 3.05) is 13.2 Å². The number of carbonyl (C=O) groups excluding carboxylic acids is 1. The van der Waals surface area contributed by atoms with E-state index in [0.29, 0.717) is 19.6 Å². The molecule has 0 spiro atoms. The van der Waals surface area contributed by atoms with Crippen LogP contribution in [0.25, 0.3) is 11.1 Å². The van der Waals surface area contributed by atoms with Crippen LogP contribution in [-0.4, -0.2) is 24.4 Å². The lowest BCUT2D eigenvalue weighted by molar-refractivity contribution is 0.143. The molecule has 0 unspecified atom stereocenters. The van der Waals surface area contributed by atoms with E-state index in [1.54, 1.807) is 6.20 Å². The van der Waals surface area contributed by atoms with Crippen LogP contribution < -0.4 is 5.32 Å². The van der Waals surface area contributed by atoms with Gasteiger partial charge in [0.1, 0.15) is 12.9 Å². The first-order valence-electron chi connectivity index (χ1n) is 8.80. The van der Waals surface area contributed by atoms with E-state index in [9.17, 15) is 4.79 Å². The molecular formula is C22H18N2O3. The molecule has 1 aliphatic rings. The number of alkyl carbamates (subject to hydrolysis) is 1. The van der Waals surface area contributed by atoms with E-state index >= 15 is 0 Å². The molecule has 2 aromatic carbocycles. The predicted octanol–water partition coefficient (Wildman–Crippen LogP) is 3.95. The van der Waals surface area contributed by atoms with Crippen molar-refractivity contribution in [3.63, 3.8) is 0 Å². The van der Waals surface area contributed by atoms with Crippen molar-refractivity contribution in [1.29, 1.82) is 0 Å². The Morgan fingerprint density at radius 1 is 1.11 bits per heavy atom. The van der Waals surface area contributed by atoms with Gasteiger partial charge in [0.15, 0.2) is 0 Å². The molecule has 0 bridgehead atoms. The first-order chi connectivity index (χ1) is 13.3. The van der Waals surface area contributed by atoms with E-state index in [1.807, 2.05) is 24.3 Å². The van der Waals surface area contributed by atoms with Crippen LogP contribution in [0.2, 0.25) is 0 Å². The molecule has 5 nitrogen and oxygen atoms in total. The van der Waals surface area contributed by atoms with Crippen LogP contribution in [0.15, 0.2) is 65.5 Å². The largest absolute Gasteiger partial charge is 0.449 e. The van der Waals surface area contributed by atoms with Crippen molar-refractivity contribution >= 4 is 6.09 Å². The number of nitrogens with zero attached hydrogens (tertiary/aromatic N) is 1. The minimum atomic E-state index is -0.427. The van der Waals surface area contributed by atoms with E-state index in [1.165, 1.54) is 28.5 Å². The monoisotopic (exact) mass is 358 g/mol. The van der Waals surface area contributed by atoms with Crippen molar-refractivity contribution in [2.45, 2.75) is 12.3 Å². The number of benzene rings is 2. The third kappa shape index (κ3) is 3.70. The highest BCUT2D eigenvalue weighted by molar-refractivity contribution is 5.79. The fourth-order valence-corrected chi connectivity index (χ4v) is 3.31. The van der Waals surface area contributed by atoms with Crippen molar-refractivity contribution in [3.05, 3.63) is 77.7 Å². The molecule has 0 saturated heterocycles. The highest BCUT2D eigenvalue weighted by atomic mass is 16.5. The Kier molecular flexibility index (Phi) is 4.88. The van der Waals surface area contributed by atoms with Crippen molar-refractivity contribution in [2.24, 2.45) is 0 Å². The molecule has 0 atom stereocenters. The Morgan fingerprint density at radius 2 is 1.81 bits per heavy atom. The molecule has 5 heteroatoms. The number of fused-ring (bicyclic) bond motifs is 3. The zero-order valence-corrected chi connectivity index (χ0v) is 14.6. The third-order valence-corrected chi connectivity index (χ3v) is 4.53. The number of nitrogens with one attached hydrogen (secondary N) is 1. The summed E-state index contributed by atoms with van der Waals surface area (Å²) >= 11 is 0. The number of amides is 1. The van der Waals surface area contributed by atoms with Crippen LogP contribution in [-0.2, 0) is 4.74 Å². The van der Waals surface area contributed by atoms with Crippen molar-refractivity contribution < 1.29 is 14.1 Å². The Hall–Kier alpha value is -3.52. The third-order valence-electron chi connectivity index (χ3n) is 4.53. The lowest BCUT2D eigenvalue weighted by Gasteiger charge is -2.14. The number of ether oxygens (including phenoxy) is 1. The van der Waals surface area contributed by atoms with Crippen LogP contribution in [0.3, 0.4) is 0 Å². The molecule has 0 radical (unpaired) electrons. The van der Waals surface area contributed by atoms with Crippen molar-refractivity contribution in [1.82, 2.24) is 10.5 Å². The van der Waals surface area contributed by atoms with E-state index in [2.05, 4.69) is 46.6 Å². The van der Waals surface area contributed by atoms with Gasteiger partial charge in [0, 0.05) is 18.9 Å². The molecule has 134 valence electrons. The molecule has 1 amide bonds. The molecule has 1 heterocycles. The second kappa shape index (κ2) is 7.79. The minimum Gasteiger partial charge on any atom is -0.449 e. The van der Waals surface area contributed by atoms with E-state index in [-0.39, 0.29) is 5.92 Å². The number of hydrogen-bond donors (Lipinski definition) is 1. The maximum absolute atomic E-state index is 12.0. The Labute approximate surface area is 157 Å². The Balaban J connectivity index is 1.31.